The van der Waals surface area contributed by atoms with Gasteiger partial charge >= 0.3 is 0 Å². The minimum absolute atomic E-state index is 0.765. The monoisotopic (exact) mass is 192 g/mol. The van der Waals surface area contributed by atoms with Gasteiger partial charge in [0.05, 0.1) is 0 Å². The maximum Gasteiger partial charge on any atom is -0.0251 e. The smallest absolute Gasteiger partial charge is 0.0251 e. The third-order valence-corrected chi connectivity index (χ3v) is 2.63. The lowest BCUT2D eigenvalue weighted by molar-refractivity contribution is 0.561. The van der Waals surface area contributed by atoms with E-state index in [1.54, 1.807) is 0 Å². The quantitative estimate of drug-likeness (QED) is 0.525. The summed E-state index contributed by atoms with van der Waals surface area (Å²) in [6, 6.07) is 0. The Morgan fingerprint density at radius 1 is 1.36 bits per heavy atom. The number of allylic oxidation sites excluding steroid dienone is 5. The highest BCUT2D eigenvalue weighted by atomic mass is 14.1. The molecule has 0 radical (unpaired) electrons. The zero-order valence-electron chi connectivity index (χ0n) is 10.1. The van der Waals surface area contributed by atoms with Gasteiger partial charge in [-0.2, -0.15) is 0 Å². The van der Waals surface area contributed by atoms with E-state index in [-0.39, 0.29) is 0 Å². The predicted octanol–water partition coefficient (Wildman–Crippen LogP) is 4.89. The van der Waals surface area contributed by atoms with Crippen molar-refractivity contribution in [3.8, 4) is 0 Å². The molecule has 0 aromatic carbocycles. The van der Waals surface area contributed by atoms with Gasteiger partial charge in [0, 0.05) is 0 Å². The van der Waals surface area contributed by atoms with Crippen LogP contribution in [0.1, 0.15) is 47.0 Å². The van der Waals surface area contributed by atoms with Crippen LogP contribution in [0.25, 0.3) is 0 Å². The van der Waals surface area contributed by atoms with Gasteiger partial charge in [-0.25, -0.2) is 0 Å². The second-order valence-corrected chi connectivity index (χ2v) is 3.94. The van der Waals surface area contributed by atoms with Crippen LogP contribution in [0, 0.1) is 5.92 Å². The van der Waals surface area contributed by atoms with Gasteiger partial charge in [0.15, 0.2) is 0 Å². The fourth-order valence-corrected chi connectivity index (χ4v) is 1.27. The summed E-state index contributed by atoms with van der Waals surface area (Å²) in [6.07, 6.45) is 9.96. The van der Waals surface area contributed by atoms with Gasteiger partial charge in [0.1, 0.15) is 0 Å². The molecule has 0 N–H and O–H groups in total. The van der Waals surface area contributed by atoms with Gasteiger partial charge in [0.25, 0.3) is 0 Å². The molecule has 0 amide bonds. The van der Waals surface area contributed by atoms with Crippen molar-refractivity contribution in [1.29, 1.82) is 0 Å². The first-order valence-electron chi connectivity index (χ1n) is 5.64. The zero-order chi connectivity index (χ0) is 11.0. The molecule has 0 fully saturated rings. The maximum absolute atomic E-state index is 3.83. The van der Waals surface area contributed by atoms with Gasteiger partial charge in [-0.15, -0.1) is 0 Å². The Kier molecular flexibility index (Phi) is 7.18. The first kappa shape index (κ1) is 13.2. The van der Waals surface area contributed by atoms with Crippen molar-refractivity contribution in [1.82, 2.24) is 0 Å². The molecule has 0 aromatic rings. The van der Waals surface area contributed by atoms with Crippen molar-refractivity contribution in [2.45, 2.75) is 47.0 Å². The summed E-state index contributed by atoms with van der Waals surface area (Å²) in [6.45, 7) is 12.7. The van der Waals surface area contributed by atoms with Gasteiger partial charge < -0.3 is 0 Å². The van der Waals surface area contributed by atoms with Crippen LogP contribution in [0.3, 0.4) is 0 Å². The molecule has 1 unspecified atom stereocenters. The molecule has 14 heavy (non-hydrogen) atoms. The van der Waals surface area contributed by atoms with Crippen LogP contribution in [-0.4, -0.2) is 0 Å². The fourth-order valence-electron chi connectivity index (χ4n) is 1.27. The summed E-state index contributed by atoms with van der Waals surface area (Å²) in [5, 5.41) is 0. The molecule has 80 valence electrons. The van der Waals surface area contributed by atoms with Crippen molar-refractivity contribution in [2.24, 2.45) is 5.92 Å². The van der Waals surface area contributed by atoms with Crippen molar-refractivity contribution in [3.63, 3.8) is 0 Å². The number of hydrogen-bond donors (Lipinski definition) is 0. The normalized spacial score (nSPS) is 15.4. The van der Waals surface area contributed by atoms with E-state index in [9.17, 15) is 0 Å². The molecule has 0 saturated heterocycles. The molecule has 0 aliphatic carbocycles. The molecule has 0 aromatic heterocycles. The Morgan fingerprint density at radius 3 is 2.43 bits per heavy atom. The molecule has 0 heterocycles. The lowest BCUT2D eigenvalue weighted by atomic mass is 9.95. The SMILES string of the molecule is C=C/C(C)=C(\C=C/CC)CC(C)CC. The Balaban J connectivity index is 4.56. The maximum atomic E-state index is 3.83. The van der Waals surface area contributed by atoms with Crippen molar-refractivity contribution in [3.05, 3.63) is 36.0 Å². The first-order chi connectivity index (χ1) is 6.65. The molecule has 0 aliphatic rings. The Labute approximate surface area is 89.4 Å². The van der Waals surface area contributed by atoms with Gasteiger partial charge in [-0.3, -0.25) is 0 Å². The highest BCUT2D eigenvalue weighted by Gasteiger charge is 2.03. The first-order valence-corrected chi connectivity index (χ1v) is 5.64. The van der Waals surface area contributed by atoms with Crippen molar-refractivity contribution >= 4 is 0 Å². The molecule has 0 heteroatoms. The van der Waals surface area contributed by atoms with Crippen LogP contribution < -0.4 is 0 Å². The number of rotatable bonds is 6. The van der Waals surface area contributed by atoms with Crippen LogP contribution in [0.2, 0.25) is 0 Å². The average molecular weight is 192 g/mol. The van der Waals surface area contributed by atoms with E-state index in [2.05, 4.69) is 46.4 Å². The standard InChI is InChI=1S/C14H24/c1-6-9-10-14(13(5)8-3)11-12(4)7-2/h8-10,12H,3,6-7,11H2,1-2,4-5H3/b10-9-,14-13+. The van der Waals surface area contributed by atoms with Gasteiger partial charge in [0.2, 0.25) is 0 Å². The molecular weight excluding hydrogens is 168 g/mol. The number of hydrogen-bond acceptors (Lipinski definition) is 0. The van der Waals surface area contributed by atoms with E-state index in [1.165, 1.54) is 24.0 Å². The largest absolute Gasteiger partial charge is 0.0988 e. The van der Waals surface area contributed by atoms with Gasteiger partial charge in [-0.05, 0) is 36.8 Å². The van der Waals surface area contributed by atoms with Crippen molar-refractivity contribution < 1.29 is 0 Å². The summed E-state index contributed by atoms with van der Waals surface area (Å²) in [5.41, 5.74) is 2.76. The minimum atomic E-state index is 0.765. The average Bonchev–Trinajstić information content (AvgIpc) is 2.22. The van der Waals surface area contributed by atoms with Crippen LogP contribution in [-0.2, 0) is 0 Å². The summed E-state index contributed by atoms with van der Waals surface area (Å²) in [7, 11) is 0. The molecule has 0 bridgehead atoms. The van der Waals surface area contributed by atoms with E-state index in [4.69, 9.17) is 0 Å². The predicted molar refractivity (Wildman–Crippen MR) is 66.4 cm³/mol. The van der Waals surface area contributed by atoms with E-state index >= 15 is 0 Å². The summed E-state index contributed by atoms with van der Waals surface area (Å²) in [5.74, 6) is 0.765. The molecule has 1 atom stereocenters. The van der Waals surface area contributed by atoms with Crippen LogP contribution in [0.5, 0.6) is 0 Å². The van der Waals surface area contributed by atoms with Crippen LogP contribution in [0.15, 0.2) is 36.0 Å². The highest BCUT2D eigenvalue weighted by Crippen LogP contribution is 2.19. The lowest BCUT2D eigenvalue weighted by Gasteiger charge is -2.11. The Bertz CT molecular complexity index is 218. The summed E-state index contributed by atoms with van der Waals surface area (Å²) >= 11 is 0. The van der Waals surface area contributed by atoms with E-state index < -0.39 is 0 Å². The molecule has 0 aliphatic heterocycles. The minimum Gasteiger partial charge on any atom is -0.0988 e. The molecule has 0 nitrogen and oxygen atoms in total. The molecule has 0 spiro atoms. The molecular formula is C14H24. The van der Waals surface area contributed by atoms with E-state index in [1.807, 2.05) is 6.08 Å². The second-order valence-electron chi connectivity index (χ2n) is 3.94. The third-order valence-electron chi connectivity index (χ3n) is 2.63. The summed E-state index contributed by atoms with van der Waals surface area (Å²) < 4.78 is 0. The van der Waals surface area contributed by atoms with Gasteiger partial charge in [-0.1, -0.05) is 52.0 Å². The van der Waals surface area contributed by atoms with E-state index in [0.29, 0.717) is 0 Å². The molecule has 0 saturated carbocycles. The highest BCUT2D eigenvalue weighted by molar-refractivity contribution is 5.30. The third kappa shape index (κ3) is 5.06. The van der Waals surface area contributed by atoms with Crippen molar-refractivity contribution in [2.75, 3.05) is 0 Å². The Hall–Kier alpha value is -0.780. The molecule has 0 rings (SSSR count). The topological polar surface area (TPSA) is 0 Å². The van der Waals surface area contributed by atoms with E-state index in [0.717, 1.165) is 12.3 Å². The summed E-state index contributed by atoms with van der Waals surface area (Å²) in [4.78, 5) is 0. The Morgan fingerprint density at radius 2 is 2.00 bits per heavy atom. The fraction of sp³-hybridized carbons (Fsp3) is 0.571. The van der Waals surface area contributed by atoms with Crippen LogP contribution >= 0.6 is 0 Å². The van der Waals surface area contributed by atoms with Crippen LogP contribution in [0.4, 0.5) is 0 Å². The second kappa shape index (κ2) is 7.61. The zero-order valence-corrected chi connectivity index (χ0v) is 10.1. The lowest BCUT2D eigenvalue weighted by Crippen LogP contribution is -1.95.